The Kier molecular flexibility index (Phi) is 7.99. The smallest absolute Gasteiger partial charge is 0.317 e. The number of methoxy groups -OCH3 is 1. The topological polar surface area (TPSA) is 44.8 Å². The van der Waals surface area contributed by atoms with Crippen molar-refractivity contribution in [1.29, 1.82) is 0 Å². The van der Waals surface area contributed by atoms with Crippen LogP contribution in [0, 0.1) is 10.8 Å². The Hall–Kier alpha value is -2.53. The van der Waals surface area contributed by atoms with E-state index in [0.29, 0.717) is 6.54 Å². The first kappa shape index (κ1) is 26.5. The SMILES string of the molecule is COc1ccc(CN(CC2(C)CCC(c3ccccc3)(N(C)C)CC2)C(=O)NCC2(C)CCC2)cc1. The minimum absolute atomic E-state index is 0.0582. The number of hydrogen-bond donors (Lipinski definition) is 1. The number of amides is 2. The normalized spacial score (nSPS) is 25.2. The highest BCUT2D eigenvalue weighted by molar-refractivity contribution is 5.74. The van der Waals surface area contributed by atoms with Gasteiger partial charge in [-0.3, -0.25) is 4.90 Å². The van der Waals surface area contributed by atoms with Crippen molar-refractivity contribution in [3.8, 4) is 5.75 Å². The van der Waals surface area contributed by atoms with E-state index < -0.39 is 0 Å². The molecular weight excluding hydrogens is 446 g/mol. The van der Waals surface area contributed by atoms with Crippen molar-refractivity contribution in [2.75, 3.05) is 34.3 Å². The summed E-state index contributed by atoms with van der Waals surface area (Å²) >= 11 is 0. The molecule has 0 unspecified atom stereocenters. The number of carbonyl (C=O) groups is 1. The first-order valence-electron chi connectivity index (χ1n) is 13.6. The maximum absolute atomic E-state index is 13.5. The molecule has 2 fully saturated rings. The van der Waals surface area contributed by atoms with E-state index in [2.05, 4.69) is 85.5 Å². The number of nitrogens with one attached hydrogen (secondary N) is 1. The molecule has 0 heterocycles. The van der Waals surface area contributed by atoms with Crippen LogP contribution >= 0.6 is 0 Å². The van der Waals surface area contributed by atoms with Crippen molar-refractivity contribution in [3.63, 3.8) is 0 Å². The van der Waals surface area contributed by atoms with E-state index in [9.17, 15) is 4.79 Å². The van der Waals surface area contributed by atoms with Crippen LogP contribution in [0.25, 0.3) is 0 Å². The van der Waals surface area contributed by atoms with E-state index in [1.54, 1.807) is 7.11 Å². The van der Waals surface area contributed by atoms with Gasteiger partial charge in [-0.05, 0) is 86.7 Å². The summed E-state index contributed by atoms with van der Waals surface area (Å²) in [6.07, 6.45) is 8.04. The highest BCUT2D eigenvalue weighted by Crippen LogP contribution is 2.48. The molecular formula is C31H45N3O2. The lowest BCUT2D eigenvalue weighted by molar-refractivity contribution is 0.0278. The Morgan fingerprint density at radius 3 is 2.06 bits per heavy atom. The van der Waals surface area contributed by atoms with Gasteiger partial charge in [-0.15, -0.1) is 0 Å². The quantitative estimate of drug-likeness (QED) is 0.439. The molecule has 0 radical (unpaired) electrons. The van der Waals surface area contributed by atoms with Gasteiger partial charge in [0.05, 0.1) is 7.11 Å². The molecule has 4 rings (SSSR count). The molecule has 2 aliphatic carbocycles. The number of rotatable bonds is 9. The number of urea groups is 1. The van der Waals surface area contributed by atoms with Gasteiger partial charge >= 0.3 is 6.03 Å². The molecule has 2 amide bonds. The van der Waals surface area contributed by atoms with Crippen molar-refractivity contribution in [3.05, 3.63) is 65.7 Å². The molecule has 36 heavy (non-hydrogen) atoms. The van der Waals surface area contributed by atoms with Crippen LogP contribution < -0.4 is 10.1 Å². The van der Waals surface area contributed by atoms with Crippen LogP contribution in [-0.4, -0.2) is 50.1 Å². The van der Waals surface area contributed by atoms with Gasteiger partial charge in [0.1, 0.15) is 5.75 Å². The summed E-state index contributed by atoms with van der Waals surface area (Å²) in [4.78, 5) is 18.0. The van der Waals surface area contributed by atoms with Crippen LogP contribution in [0.5, 0.6) is 5.75 Å². The third kappa shape index (κ3) is 5.88. The number of benzene rings is 2. The minimum Gasteiger partial charge on any atom is -0.497 e. The molecule has 196 valence electrons. The molecule has 2 aromatic rings. The predicted octanol–water partition coefficient (Wildman–Crippen LogP) is 6.43. The van der Waals surface area contributed by atoms with Gasteiger partial charge in [0.15, 0.2) is 0 Å². The predicted molar refractivity (Wildman–Crippen MR) is 147 cm³/mol. The molecule has 0 spiro atoms. The van der Waals surface area contributed by atoms with Gasteiger partial charge in [-0.25, -0.2) is 4.79 Å². The van der Waals surface area contributed by atoms with Crippen molar-refractivity contribution in [2.45, 2.75) is 70.9 Å². The second-order valence-corrected chi connectivity index (χ2v) is 12.1. The monoisotopic (exact) mass is 491 g/mol. The first-order chi connectivity index (χ1) is 17.2. The van der Waals surface area contributed by atoms with Gasteiger partial charge in [0, 0.05) is 25.2 Å². The van der Waals surface area contributed by atoms with Gasteiger partial charge in [-0.2, -0.15) is 0 Å². The van der Waals surface area contributed by atoms with Crippen LogP contribution in [0.2, 0.25) is 0 Å². The molecule has 2 aliphatic rings. The fraction of sp³-hybridized carbons (Fsp3) is 0.581. The van der Waals surface area contributed by atoms with Crippen molar-refractivity contribution >= 4 is 6.03 Å². The van der Waals surface area contributed by atoms with Crippen molar-refractivity contribution < 1.29 is 9.53 Å². The summed E-state index contributed by atoms with van der Waals surface area (Å²) in [6.45, 7) is 6.80. The number of ether oxygens (including phenoxy) is 1. The maximum atomic E-state index is 13.5. The van der Waals surface area contributed by atoms with Gasteiger partial charge in [-0.1, -0.05) is 62.7 Å². The third-order valence-electron chi connectivity index (χ3n) is 9.07. The zero-order valence-corrected chi connectivity index (χ0v) is 23.0. The first-order valence-corrected chi connectivity index (χ1v) is 13.6. The Bertz CT molecular complexity index is 990. The second kappa shape index (κ2) is 10.8. The Morgan fingerprint density at radius 1 is 0.889 bits per heavy atom. The van der Waals surface area contributed by atoms with E-state index in [1.165, 1.54) is 24.8 Å². The molecule has 2 aromatic carbocycles. The fourth-order valence-electron chi connectivity index (χ4n) is 6.14. The van der Waals surface area contributed by atoms with Gasteiger partial charge < -0.3 is 15.0 Å². The van der Waals surface area contributed by atoms with Gasteiger partial charge in [0.25, 0.3) is 0 Å². The summed E-state index contributed by atoms with van der Waals surface area (Å²) in [7, 11) is 6.10. The molecule has 0 saturated heterocycles. The average Bonchev–Trinajstić information content (AvgIpc) is 2.87. The lowest BCUT2D eigenvalue weighted by Crippen LogP contribution is -2.51. The van der Waals surface area contributed by atoms with E-state index in [4.69, 9.17) is 4.74 Å². The molecule has 1 N–H and O–H groups in total. The van der Waals surface area contributed by atoms with Crippen LogP contribution in [0.1, 0.15) is 69.9 Å². The fourth-order valence-corrected chi connectivity index (χ4v) is 6.14. The summed E-state index contributed by atoms with van der Waals surface area (Å²) in [5.74, 6) is 0.841. The number of carbonyl (C=O) groups excluding carboxylic acids is 1. The summed E-state index contributed by atoms with van der Waals surface area (Å²) in [5, 5.41) is 3.29. The molecule has 5 heteroatoms. The molecule has 0 atom stereocenters. The van der Waals surface area contributed by atoms with Crippen LogP contribution in [0.3, 0.4) is 0 Å². The summed E-state index contributed by atoms with van der Waals surface area (Å²) in [5.41, 5.74) is 2.93. The molecule has 0 aliphatic heterocycles. The Labute approximate surface area is 218 Å². The standard InChI is InChI=1S/C31H45N3O2/c1-29(16-9-17-29)23-32-28(35)34(22-25-12-14-27(36-5)15-13-25)24-30(2)18-20-31(21-19-30,33(3)4)26-10-7-6-8-11-26/h6-8,10-15H,9,16-24H2,1-5H3,(H,32,35). The lowest BCUT2D eigenvalue weighted by atomic mass is 9.65. The van der Waals surface area contributed by atoms with Crippen LogP contribution in [0.4, 0.5) is 4.79 Å². The molecule has 0 aromatic heterocycles. The zero-order valence-electron chi connectivity index (χ0n) is 23.0. The number of hydrogen-bond acceptors (Lipinski definition) is 3. The Balaban J connectivity index is 1.48. The zero-order chi connectivity index (χ0) is 25.8. The van der Waals surface area contributed by atoms with Crippen LogP contribution in [-0.2, 0) is 12.1 Å². The van der Waals surface area contributed by atoms with Crippen LogP contribution in [0.15, 0.2) is 54.6 Å². The minimum atomic E-state index is 0.0582. The molecule has 5 nitrogen and oxygen atoms in total. The highest BCUT2D eigenvalue weighted by atomic mass is 16.5. The highest BCUT2D eigenvalue weighted by Gasteiger charge is 2.44. The van der Waals surface area contributed by atoms with E-state index in [-0.39, 0.29) is 22.4 Å². The van der Waals surface area contributed by atoms with Gasteiger partial charge in [0.2, 0.25) is 0 Å². The van der Waals surface area contributed by atoms with Crippen molar-refractivity contribution in [1.82, 2.24) is 15.1 Å². The molecule has 0 bridgehead atoms. The third-order valence-corrected chi connectivity index (χ3v) is 9.07. The van der Waals surface area contributed by atoms with E-state index >= 15 is 0 Å². The number of nitrogens with zero attached hydrogens (tertiary/aromatic N) is 2. The van der Waals surface area contributed by atoms with Crippen molar-refractivity contribution in [2.24, 2.45) is 10.8 Å². The maximum Gasteiger partial charge on any atom is 0.317 e. The average molecular weight is 492 g/mol. The largest absolute Gasteiger partial charge is 0.497 e. The summed E-state index contributed by atoms with van der Waals surface area (Å²) < 4.78 is 5.33. The van der Waals surface area contributed by atoms with E-state index in [1.807, 2.05) is 12.1 Å². The Morgan fingerprint density at radius 2 is 1.53 bits per heavy atom. The molecule has 2 saturated carbocycles. The summed E-state index contributed by atoms with van der Waals surface area (Å²) in [6, 6.07) is 19.1. The lowest BCUT2D eigenvalue weighted by Gasteiger charge is -2.50. The van der Waals surface area contributed by atoms with E-state index in [0.717, 1.165) is 50.1 Å². The second-order valence-electron chi connectivity index (χ2n) is 12.1.